The molecule has 2 rings (SSSR count). The summed E-state index contributed by atoms with van der Waals surface area (Å²) >= 11 is 0. The molecule has 1 aromatic heterocycles. The van der Waals surface area contributed by atoms with Crippen LogP contribution in [-0.4, -0.2) is 17.3 Å². The van der Waals surface area contributed by atoms with Gasteiger partial charge in [-0.25, -0.2) is 4.79 Å². The van der Waals surface area contributed by atoms with Crippen molar-refractivity contribution >= 4 is 11.0 Å². The normalized spacial score (nSPS) is 12.3. The Bertz CT molecular complexity index is 729. The second kappa shape index (κ2) is 6.23. The van der Waals surface area contributed by atoms with Gasteiger partial charge in [-0.1, -0.05) is 13.8 Å². The number of benzene rings is 1. The summed E-state index contributed by atoms with van der Waals surface area (Å²) in [4.78, 5) is 11.8. The van der Waals surface area contributed by atoms with Crippen molar-refractivity contribution in [3.05, 3.63) is 45.3 Å². The van der Waals surface area contributed by atoms with E-state index in [0.29, 0.717) is 18.0 Å². The third kappa shape index (κ3) is 3.57. The standard InChI is InChI=1S/C18H25NO3/c1-11(2)14-8-15-13(9-19-18(4,5)10-20)7-17(21)22-16(15)6-12(14)3/h6-8,11,19-20H,9-10H2,1-5H3. The molecule has 0 aliphatic carbocycles. The number of aliphatic hydroxyl groups excluding tert-OH is 1. The maximum Gasteiger partial charge on any atom is 0.336 e. The number of hydrogen-bond acceptors (Lipinski definition) is 4. The highest BCUT2D eigenvalue weighted by atomic mass is 16.4. The number of nitrogens with one attached hydrogen (secondary N) is 1. The van der Waals surface area contributed by atoms with Crippen LogP contribution >= 0.6 is 0 Å². The van der Waals surface area contributed by atoms with E-state index >= 15 is 0 Å². The average Bonchev–Trinajstić information content (AvgIpc) is 2.43. The molecule has 120 valence electrons. The van der Waals surface area contributed by atoms with Gasteiger partial charge in [-0.05, 0) is 55.5 Å². The molecule has 0 radical (unpaired) electrons. The average molecular weight is 303 g/mol. The summed E-state index contributed by atoms with van der Waals surface area (Å²) in [7, 11) is 0. The first kappa shape index (κ1) is 16.7. The zero-order valence-electron chi connectivity index (χ0n) is 14.0. The maximum atomic E-state index is 11.8. The first-order valence-electron chi connectivity index (χ1n) is 7.66. The van der Waals surface area contributed by atoms with Gasteiger partial charge in [-0.15, -0.1) is 0 Å². The number of aryl methyl sites for hydroxylation is 1. The molecule has 22 heavy (non-hydrogen) atoms. The van der Waals surface area contributed by atoms with E-state index in [-0.39, 0.29) is 12.2 Å². The van der Waals surface area contributed by atoms with Gasteiger partial charge in [-0.3, -0.25) is 0 Å². The first-order valence-corrected chi connectivity index (χ1v) is 7.66. The van der Waals surface area contributed by atoms with Gasteiger partial charge in [0.1, 0.15) is 5.58 Å². The molecule has 0 atom stereocenters. The lowest BCUT2D eigenvalue weighted by Crippen LogP contribution is -2.42. The Hall–Kier alpha value is -1.65. The molecule has 1 aromatic carbocycles. The van der Waals surface area contributed by atoms with Crippen molar-refractivity contribution in [3.8, 4) is 0 Å². The van der Waals surface area contributed by atoms with Gasteiger partial charge < -0.3 is 14.8 Å². The smallest absolute Gasteiger partial charge is 0.336 e. The summed E-state index contributed by atoms with van der Waals surface area (Å²) in [5.41, 5.74) is 3.16. The van der Waals surface area contributed by atoms with E-state index in [1.54, 1.807) is 0 Å². The zero-order valence-corrected chi connectivity index (χ0v) is 14.0. The molecule has 0 spiro atoms. The third-order valence-corrected chi connectivity index (χ3v) is 3.99. The van der Waals surface area contributed by atoms with E-state index < -0.39 is 5.54 Å². The van der Waals surface area contributed by atoms with Crippen molar-refractivity contribution in [2.45, 2.75) is 52.6 Å². The van der Waals surface area contributed by atoms with Crippen molar-refractivity contribution in [2.75, 3.05) is 6.61 Å². The first-order chi connectivity index (χ1) is 10.2. The molecule has 0 saturated carbocycles. The van der Waals surface area contributed by atoms with Crippen LogP contribution in [0.1, 0.15) is 50.3 Å². The molecule has 2 N–H and O–H groups in total. The third-order valence-electron chi connectivity index (χ3n) is 3.99. The van der Waals surface area contributed by atoms with E-state index in [0.717, 1.165) is 16.5 Å². The molecule has 1 heterocycles. The highest BCUT2D eigenvalue weighted by Crippen LogP contribution is 2.27. The van der Waals surface area contributed by atoms with Crippen LogP contribution in [0, 0.1) is 6.92 Å². The number of fused-ring (bicyclic) bond motifs is 1. The second-order valence-electron chi connectivity index (χ2n) is 6.85. The fourth-order valence-corrected chi connectivity index (χ4v) is 2.55. The Kier molecular flexibility index (Phi) is 4.73. The summed E-state index contributed by atoms with van der Waals surface area (Å²) in [5.74, 6) is 0.408. The number of hydrogen-bond donors (Lipinski definition) is 2. The van der Waals surface area contributed by atoms with Gasteiger partial charge in [0.15, 0.2) is 0 Å². The summed E-state index contributed by atoms with van der Waals surface area (Å²) in [6.07, 6.45) is 0. The molecule has 0 amide bonds. The quantitative estimate of drug-likeness (QED) is 0.833. The van der Waals surface area contributed by atoms with E-state index in [1.165, 1.54) is 11.6 Å². The van der Waals surface area contributed by atoms with Gasteiger partial charge in [0.2, 0.25) is 0 Å². The minimum Gasteiger partial charge on any atom is -0.423 e. The zero-order chi connectivity index (χ0) is 16.5. The van der Waals surface area contributed by atoms with Gasteiger partial charge in [0, 0.05) is 23.5 Å². The summed E-state index contributed by atoms with van der Waals surface area (Å²) in [5, 5.41) is 13.6. The Morgan fingerprint density at radius 1 is 1.27 bits per heavy atom. The predicted molar refractivity (Wildman–Crippen MR) is 89.3 cm³/mol. The second-order valence-corrected chi connectivity index (χ2v) is 6.85. The minimum absolute atomic E-state index is 0.0305. The lowest BCUT2D eigenvalue weighted by atomic mass is 9.94. The van der Waals surface area contributed by atoms with Crippen molar-refractivity contribution < 1.29 is 9.52 Å². The van der Waals surface area contributed by atoms with E-state index in [9.17, 15) is 9.90 Å². The minimum atomic E-state index is -0.395. The van der Waals surface area contributed by atoms with Crippen molar-refractivity contribution in [2.24, 2.45) is 0 Å². The van der Waals surface area contributed by atoms with Crippen LogP contribution < -0.4 is 10.9 Å². The summed E-state index contributed by atoms with van der Waals surface area (Å²) in [6.45, 7) is 10.7. The van der Waals surface area contributed by atoms with Gasteiger partial charge in [0.25, 0.3) is 0 Å². The van der Waals surface area contributed by atoms with Crippen molar-refractivity contribution in [1.29, 1.82) is 0 Å². The Balaban J connectivity index is 2.52. The fourth-order valence-electron chi connectivity index (χ4n) is 2.55. The van der Waals surface area contributed by atoms with Crippen LogP contribution in [0.4, 0.5) is 0 Å². The lowest BCUT2D eigenvalue weighted by molar-refractivity contribution is 0.187. The molecule has 0 aliphatic heterocycles. The number of aliphatic hydroxyl groups is 1. The molecular weight excluding hydrogens is 278 g/mol. The highest BCUT2D eigenvalue weighted by Gasteiger charge is 2.17. The number of rotatable bonds is 5. The van der Waals surface area contributed by atoms with E-state index in [4.69, 9.17) is 4.42 Å². The summed E-state index contributed by atoms with van der Waals surface area (Å²) < 4.78 is 5.34. The van der Waals surface area contributed by atoms with Gasteiger partial charge in [0.05, 0.1) is 6.61 Å². The fraction of sp³-hybridized carbons (Fsp3) is 0.500. The molecule has 4 heteroatoms. The Morgan fingerprint density at radius 2 is 1.95 bits per heavy atom. The van der Waals surface area contributed by atoms with Crippen LogP contribution in [0.15, 0.2) is 27.4 Å². The Morgan fingerprint density at radius 3 is 2.55 bits per heavy atom. The van der Waals surface area contributed by atoms with Crippen LogP contribution in [0.3, 0.4) is 0 Å². The molecule has 0 bridgehead atoms. The molecule has 0 saturated heterocycles. The van der Waals surface area contributed by atoms with Crippen molar-refractivity contribution in [3.63, 3.8) is 0 Å². The van der Waals surface area contributed by atoms with Gasteiger partial charge >= 0.3 is 5.63 Å². The Labute approximate surface area is 131 Å². The largest absolute Gasteiger partial charge is 0.423 e. The maximum absolute atomic E-state index is 11.8. The molecule has 0 fully saturated rings. The summed E-state index contributed by atoms with van der Waals surface area (Å²) in [6, 6.07) is 5.58. The van der Waals surface area contributed by atoms with Crippen LogP contribution in [0.5, 0.6) is 0 Å². The van der Waals surface area contributed by atoms with E-state index in [1.807, 2.05) is 26.8 Å². The molecule has 0 unspecified atom stereocenters. The predicted octanol–water partition coefficient (Wildman–Crippen LogP) is 3.09. The van der Waals surface area contributed by atoms with Crippen LogP contribution in [0.25, 0.3) is 11.0 Å². The molecule has 4 nitrogen and oxygen atoms in total. The van der Waals surface area contributed by atoms with Gasteiger partial charge in [-0.2, -0.15) is 0 Å². The van der Waals surface area contributed by atoms with Crippen LogP contribution in [-0.2, 0) is 6.54 Å². The topological polar surface area (TPSA) is 62.5 Å². The lowest BCUT2D eigenvalue weighted by Gasteiger charge is -2.24. The van der Waals surface area contributed by atoms with E-state index in [2.05, 4.69) is 25.2 Å². The highest BCUT2D eigenvalue weighted by molar-refractivity contribution is 5.82. The molecule has 2 aromatic rings. The molecule has 0 aliphatic rings. The monoisotopic (exact) mass is 303 g/mol. The molecular formula is C18H25NO3. The SMILES string of the molecule is Cc1cc2oc(=O)cc(CNC(C)(C)CO)c2cc1C(C)C. The van der Waals surface area contributed by atoms with Crippen LogP contribution in [0.2, 0.25) is 0 Å². The van der Waals surface area contributed by atoms with Crippen molar-refractivity contribution in [1.82, 2.24) is 5.32 Å².